The molecule has 0 saturated carbocycles. The summed E-state index contributed by atoms with van der Waals surface area (Å²) in [7, 11) is 2.53. The predicted octanol–water partition coefficient (Wildman–Crippen LogP) is 2.86. The Labute approximate surface area is 134 Å². The van der Waals surface area contributed by atoms with E-state index >= 15 is 0 Å². The molecular formula is C18H17NO4. The molecule has 0 aliphatic carbocycles. The van der Waals surface area contributed by atoms with Crippen LogP contribution in [0.3, 0.4) is 0 Å². The van der Waals surface area contributed by atoms with Crippen molar-refractivity contribution in [3.63, 3.8) is 0 Å². The molecule has 5 nitrogen and oxygen atoms in total. The fourth-order valence-corrected chi connectivity index (χ4v) is 2.05. The second-order valence-corrected chi connectivity index (χ2v) is 4.59. The maximum absolute atomic E-state index is 12.2. The Kier molecular flexibility index (Phi) is 5.52. The summed E-state index contributed by atoms with van der Waals surface area (Å²) in [6.07, 6.45) is 0. The first-order valence-corrected chi connectivity index (χ1v) is 6.95. The van der Waals surface area contributed by atoms with Gasteiger partial charge in [0.2, 0.25) is 0 Å². The molecule has 0 fully saturated rings. The van der Waals surface area contributed by atoms with E-state index in [1.54, 1.807) is 36.4 Å². The van der Waals surface area contributed by atoms with E-state index in [2.05, 4.69) is 5.32 Å². The molecule has 0 spiro atoms. The third kappa shape index (κ3) is 3.97. The molecule has 1 N–H and O–H groups in total. The number of para-hydroxylation sites is 1. The van der Waals surface area contributed by atoms with E-state index in [-0.39, 0.29) is 11.3 Å². The molecule has 5 heteroatoms. The fourth-order valence-electron chi connectivity index (χ4n) is 2.05. The lowest BCUT2D eigenvalue weighted by Gasteiger charge is -2.14. The standard InChI is InChI=1S/C18H17NO4/c1-22-17(20)15(13-9-5-3-6-10-13)16(18(21)23-2)19-14-11-7-4-8-12-14/h3-12,19H,1-2H3. The summed E-state index contributed by atoms with van der Waals surface area (Å²) >= 11 is 0. The van der Waals surface area contributed by atoms with Gasteiger partial charge in [0.05, 0.1) is 19.8 Å². The van der Waals surface area contributed by atoms with Gasteiger partial charge in [0.1, 0.15) is 5.70 Å². The third-order valence-corrected chi connectivity index (χ3v) is 3.13. The molecular weight excluding hydrogens is 294 g/mol. The Morgan fingerprint density at radius 3 is 1.83 bits per heavy atom. The molecule has 118 valence electrons. The minimum atomic E-state index is -0.655. The van der Waals surface area contributed by atoms with E-state index in [1.165, 1.54) is 14.2 Å². The predicted molar refractivity (Wildman–Crippen MR) is 87.5 cm³/mol. The molecule has 0 atom stereocenters. The van der Waals surface area contributed by atoms with Gasteiger partial charge in [-0.3, -0.25) is 0 Å². The van der Waals surface area contributed by atoms with Crippen molar-refractivity contribution in [3.8, 4) is 0 Å². The van der Waals surface area contributed by atoms with Gasteiger partial charge in [-0.1, -0.05) is 48.5 Å². The Morgan fingerprint density at radius 1 is 0.783 bits per heavy atom. The van der Waals surface area contributed by atoms with E-state index in [9.17, 15) is 9.59 Å². The maximum atomic E-state index is 12.2. The summed E-state index contributed by atoms with van der Waals surface area (Å²) in [5.74, 6) is -1.28. The minimum Gasteiger partial charge on any atom is -0.465 e. The zero-order valence-electron chi connectivity index (χ0n) is 12.9. The summed E-state index contributed by atoms with van der Waals surface area (Å²) in [5.41, 5.74) is 1.36. The van der Waals surface area contributed by atoms with Crippen molar-refractivity contribution in [2.75, 3.05) is 19.5 Å². The van der Waals surface area contributed by atoms with Gasteiger partial charge in [0, 0.05) is 5.69 Å². The number of rotatable bonds is 5. The van der Waals surface area contributed by atoms with Crippen LogP contribution in [0.1, 0.15) is 5.56 Å². The number of carbonyl (C=O) groups excluding carboxylic acids is 2. The van der Waals surface area contributed by atoms with Gasteiger partial charge in [-0.25, -0.2) is 9.59 Å². The monoisotopic (exact) mass is 311 g/mol. The van der Waals surface area contributed by atoms with Crippen LogP contribution < -0.4 is 5.32 Å². The average Bonchev–Trinajstić information content (AvgIpc) is 2.62. The van der Waals surface area contributed by atoms with Crippen molar-refractivity contribution in [1.29, 1.82) is 0 Å². The first-order valence-electron chi connectivity index (χ1n) is 6.95. The molecule has 0 aliphatic heterocycles. The SMILES string of the molecule is COC(=O)C(Nc1ccccc1)=C(C(=O)OC)c1ccccc1. The minimum absolute atomic E-state index is 0.0248. The molecule has 2 rings (SSSR count). The van der Waals surface area contributed by atoms with Crippen molar-refractivity contribution >= 4 is 23.2 Å². The fraction of sp³-hybridized carbons (Fsp3) is 0.111. The quantitative estimate of drug-likeness (QED) is 0.679. The molecule has 2 aromatic rings. The van der Waals surface area contributed by atoms with Crippen LogP contribution in [0.2, 0.25) is 0 Å². The Hall–Kier alpha value is -3.08. The lowest BCUT2D eigenvalue weighted by Crippen LogP contribution is -2.19. The topological polar surface area (TPSA) is 64.6 Å². The van der Waals surface area contributed by atoms with Crippen LogP contribution in [0.5, 0.6) is 0 Å². The van der Waals surface area contributed by atoms with Crippen LogP contribution in [-0.2, 0) is 19.1 Å². The number of nitrogens with one attached hydrogen (secondary N) is 1. The zero-order valence-corrected chi connectivity index (χ0v) is 12.9. The Bertz CT molecular complexity index is 708. The van der Waals surface area contributed by atoms with Gasteiger partial charge in [0.15, 0.2) is 0 Å². The number of methoxy groups -OCH3 is 2. The second kappa shape index (κ2) is 7.79. The number of hydrogen-bond acceptors (Lipinski definition) is 5. The summed E-state index contributed by atoms with van der Waals surface area (Å²) < 4.78 is 9.65. The summed E-state index contributed by atoms with van der Waals surface area (Å²) in [5, 5.41) is 2.95. The zero-order chi connectivity index (χ0) is 16.7. The highest BCUT2D eigenvalue weighted by molar-refractivity contribution is 6.23. The molecule has 0 heterocycles. The average molecular weight is 311 g/mol. The van der Waals surface area contributed by atoms with Gasteiger partial charge in [-0.2, -0.15) is 0 Å². The maximum Gasteiger partial charge on any atom is 0.355 e. The summed E-state index contributed by atoms with van der Waals surface area (Å²) in [6.45, 7) is 0. The number of ether oxygens (including phenoxy) is 2. The van der Waals surface area contributed by atoms with Gasteiger partial charge in [0.25, 0.3) is 0 Å². The largest absolute Gasteiger partial charge is 0.465 e. The van der Waals surface area contributed by atoms with Crippen LogP contribution in [0.25, 0.3) is 5.57 Å². The smallest absolute Gasteiger partial charge is 0.355 e. The van der Waals surface area contributed by atoms with E-state index in [0.29, 0.717) is 11.3 Å². The van der Waals surface area contributed by atoms with Crippen molar-refractivity contribution in [3.05, 3.63) is 71.9 Å². The Balaban J connectivity index is 2.59. The van der Waals surface area contributed by atoms with Crippen LogP contribution in [0.15, 0.2) is 66.4 Å². The summed E-state index contributed by atoms with van der Waals surface area (Å²) in [4.78, 5) is 24.4. The number of esters is 2. The van der Waals surface area contributed by atoms with E-state index < -0.39 is 11.9 Å². The van der Waals surface area contributed by atoms with Crippen LogP contribution in [0, 0.1) is 0 Å². The number of hydrogen-bond donors (Lipinski definition) is 1. The molecule has 0 aliphatic rings. The van der Waals surface area contributed by atoms with Gasteiger partial charge in [-0.05, 0) is 17.7 Å². The van der Waals surface area contributed by atoms with Gasteiger partial charge in [-0.15, -0.1) is 0 Å². The highest BCUT2D eigenvalue weighted by atomic mass is 16.5. The van der Waals surface area contributed by atoms with E-state index in [4.69, 9.17) is 9.47 Å². The molecule has 23 heavy (non-hydrogen) atoms. The molecule has 0 amide bonds. The summed E-state index contributed by atoms with van der Waals surface area (Å²) in [6, 6.07) is 17.9. The van der Waals surface area contributed by atoms with Crippen molar-refractivity contribution in [1.82, 2.24) is 0 Å². The van der Waals surface area contributed by atoms with E-state index in [0.717, 1.165) is 0 Å². The first-order chi connectivity index (χ1) is 11.2. The second-order valence-electron chi connectivity index (χ2n) is 4.59. The van der Waals surface area contributed by atoms with Crippen molar-refractivity contribution in [2.45, 2.75) is 0 Å². The van der Waals surface area contributed by atoms with Gasteiger partial charge < -0.3 is 14.8 Å². The third-order valence-electron chi connectivity index (χ3n) is 3.13. The van der Waals surface area contributed by atoms with Crippen LogP contribution in [-0.4, -0.2) is 26.2 Å². The van der Waals surface area contributed by atoms with Crippen molar-refractivity contribution < 1.29 is 19.1 Å². The highest BCUT2D eigenvalue weighted by Crippen LogP contribution is 2.23. The molecule has 0 bridgehead atoms. The van der Waals surface area contributed by atoms with E-state index in [1.807, 2.05) is 24.3 Å². The number of anilines is 1. The lowest BCUT2D eigenvalue weighted by atomic mass is 10.0. The molecule has 2 aromatic carbocycles. The first kappa shape index (κ1) is 16.3. The molecule has 0 saturated heterocycles. The van der Waals surface area contributed by atoms with Crippen molar-refractivity contribution in [2.24, 2.45) is 0 Å². The normalized spacial score (nSPS) is 11.2. The molecule has 0 aromatic heterocycles. The van der Waals surface area contributed by atoms with Crippen LogP contribution >= 0.6 is 0 Å². The highest BCUT2D eigenvalue weighted by Gasteiger charge is 2.24. The number of benzene rings is 2. The van der Waals surface area contributed by atoms with Gasteiger partial charge >= 0.3 is 11.9 Å². The van der Waals surface area contributed by atoms with Crippen LogP contribution in [0.4, 0.5) is 5.69 Å². The molecule has 0 radical (unpaired) electrons. The Morgan fingerprint density at radius 2 is 1.30 bits per heavy atom. The molecule has 0 unspecified atom stereocenters. The number of carbonyl (C=O) groups is 2. The lowest BCUT2D eigenvalue weighted by molar-refractivity contribution is -0.137.